The fourth-order valence-corrected chi connectivity index (χ4v) is 3.51. The molecule has 3 rings (SSSR count). The fraction of sp³-hybridized carbons (Fsp3) is 0.389. The average Bonchev–Trinajstić information content (AvgIpc) is 3.37. The number of rotatable bonds is 6. The smallest absolute Gasteiger partial charge is 0.414 e. The lowest BCUT2D eigenvalue weighted by Gasteiger charge is -2.22. The van der Waals surface area contributed by atoms with E-state index in [0.717, 1.165) is 19.1 Å². The Bertz CT molecular complexity index is 991. The van der Waals surface area contributed by atoms with Gasteiger partial charge in [-0.3, -0.25) is 9.69 Å². The number of ketones is 1. The molecule has 0 radical (unpaired) electrons. The van der Waals surface area contributed by atoms with Gasteiger partial charge in [-0.2, -0.15) is 0 Å². The summed E-state index contributed by atoms with van der Waals surface area (Å²) in [6.45, 7) is 1.90. The first kappa shape index (κ1) is 19.1. The summed E-state index contributed by atoms with van der Waals surface area (Å²) in [6, 6.07) is 4.07. The van der Waals surface area contributed by atoms with Crippen LogP contribution in [0.15, 0.2) is 33.8 Å². The Morgan fingerprint density at radius 1 is 1.30 bits per heavy atom. The van der Waals surface area contributed by atoms with Crippen LogP contribution >= 0.6 is 0 Å². The Balaban J connectivity index is 2.14. The van der Waals surface area contributed by atoms with Gasteiger partial charge in [0.1, 0.15) is 0 Å². The Morgan fingerprint density at radius 2 is 2.00 bits per heavy atom. The first-order chi connectivity index (χ1) is 12.8. The number of nitrogens with zero attached hydrogens (tertiary/aromatic N) is 2. The molecule has 1 aromatic heterocycles. The van der Waals surface area contributed by atoms with Crippen molar-refractivity contribution in [2.24, 2.45) is 0 Å². The normalized spacial score (nSPS) is 14.0. The number of amides is 1. The molecule has 144 valence electrons. The summed E-state index contributed by atoms with van der Waals surface area (Å²) < 4.78 is 33.9. The number of carbonyl (C=O) groups excluding carboxylic acids is 2. The van der Waals surface area contributed by atoms with Gasteiger partial charge in [-0.1, -0.05) is 5.16 Å². The molecule has 0 saturated heterocycles. The van der Waals surface area contributed by atoms with Crippen LogP contribution in [0.2, 0.25) is 0 Å². The molecule has 0 aliphatic heterocycles. The van der Waals surface area contributed by atoms with E-state index in [9.17, 15) is 18.0 Å². The lowest BCUT2D eigenvalue weighted by molar-refractivity contribution is 0.103. The van der Waals surface area contributed by atoms with Gasteiger partial charge in [0.25, 0.3) is 0 Å². The maximum absolute atomic E-state index is 13.1. The van der Waals surface area contributed by atoms with E-state index in [2.05, 4.69) is 5.16 Å². The summed E-state index contributed by atoms with van der Waals surface area (Å²) in [5, 5.41) is 3.74. The van der Waals surface area contributed by atoms with E-state index < -0.39 is 15.9 Å². The third kappa shape index (κ3) is 3.73. The highest BCUT2D eigenvalue weighted by Gasteiger charge is 2.34. The number of hydrogen-bond donors (Lipinski definition) is 0. The van der Waals surface area contributed by atoms with Crippen LogP contribution in [0, 0.1) is 0 Å². The Kier molecular flexibility index (Phi) is 5.05. The number of hydrogen-bond acceptors (Lipinski definition) is 7. The molecule has 1 fully saturated rings. The summed E-state index contributed by atoms with van der Waals surface area (Å²) >= 11 is 0. The lowest BCUT2D eigenvalue weighted by atomic mass is 10.0. The van der Waals surface area contributed by atoms with Gasteiger partial charge in [0, 0.05) is 24.3 Å². The van der Waals surface area contributed by atoms with E-state index in [0.29, 0.717) is 11.3 Å². The molecule has 1 aromatic carbocycles. The molecule has 1 aliphatic rings. The quantitative estimate of drug-likeness (QED) is 0.696. The van der Waals surface area contributed by atoms with E-state index in [-0.39, 0.29) is 34.4 Å². The molecule has 0 unspecified atom stereocenters. The summed E-state index contributed by atoms with van der Waals surface area (Å²) in [7, 11) is -2.31. The second-order valence-electron chi connectivity index (χ2n) is 6.37. The first-order valence-corrected chi connectivity index (χ1v) is 10.4. The molecule has 1 aliphatic carbocycles. The number of carbonyl (C=O) groups is 2. The lowest BCUT2D eigenvalue weighted by Crippen LogP contribution is -2.32. The molecule has 0 bridgehead atoms. The van der Waals surface area contributed by atoms with Crippen LogP contribution in [0.4, 0.5) is 10.5 Å². The topological polar surface area (TPSA) is 107 Å². The van der Waals surface area contributed by atoms with Gasteiger partial charge in [0.15, 0.2) is 21.4 Å². The molecule has 1 amide bonds. The third-order valence-electron chi connectivity index (χ3n) is 4.44. The Hall–Kier alpha value is -2.68. The maximum atomic E-state index is 13.1. The summed E-state index contributed by atoms with van der Waals surface area (Å²) in [6.07, 6.45) is 3.59. The highest BCUT2D eigenvalue weighted by atomic mass is 32.2. The molecule has 0 N–H and O–H groups in total. The zero-order chi connectivity index (χ0) is 19.8. The van der Waals surface area contributed by atoms with E-state index in [1.165, 1.54) is 36.4 Å². The number of benzene rings is 1. The fourth-order valence-electron chi connectivity index (χ4n) is 2.87. The van der Waals surface area contributed by atoms with Crippen molar-refractivity contribution in [1.82, 2.24) is 5.16 Å². The monoisotopic (exact) mass is 392 g/mol. The van der Waals surface area contributed by atoms with Crippen molar-refractivity contribution in [1.29, 1.82) is 0 Å². The van der Waals surface area contributed by atoms with Gasteiger partial charge in [-0.05, 0) is 38.0 Å². The third-order valence-corrected chi connectivity index (χ3v) is 5.55. The standard InChI is InChI=1S/C18H20N2O6S/c1-4-20(18(22)25-2)15-9-12(27(3,23)24)7-8-13(15)16(21)14-10-19-26-17(14)11-5-6-11/h7-11H,4-6H2,1-3H3. The van der Waals surface area contributed by atoms with Crippen molar-refractivity contribution >= 4 is 27.4 Å². The van der Waals surface area contributed by atoms with Crippen LogP contribution in [0.25, 0.3) is 0 Å². The van der Waals surface area contributed by atoms with Gasteiger partial charge < -0.3 is 9.26 Å². The predicted octanol–water partition coefficient (Wildman–Crippen LogP) is 2.78. The van der Waals surface area contributed by atoms with E-state index in [4.69, 9.17) is 9.26 Å². The minimum Gasteiger partial charge on any atom is -0.452 e. The maximum Gasteiger partial charge on any atom is 0.414 e. The van der Waals surface area contributed by atoms with Gasteiger partial charge in [0.2, 0.25) is 0 Å². The van der Waals surface area contributed by atoms with Crippen LogP contribution in [0.1, 0.15) is 47.4 Å². The van der Waals surface area contributed by atoms with Crippen molar-refractivity contribution in [3.8, 4) is 0 Å². The van der Waals surface area contributed by atoms with Crippen molar-refractivity contribution in [3.05, 3.63) is 41.3 Å². The highest BCUT2D eigenvalue weighted by molar-refractivity contribution is 7.90. The SMILES string of the molecule is CCN(C(=O)OC)c1cc(S(C)(=O)=O)ccc1C(=O)c1cnoc1C1CC1. The molecule has 0 spiro atoms. The van der Waals surface area contributed by atoms with Crippen LogP contribution in [-0.2, 0) is 14.6 Å². The minimum atomic E-state index is -3.53. The van der Waals surface area contributed by atoms with Crippen LogP contribution in [0.3, 0.4) is 0 Å². The predicted molar refractivity (Wildman–Crippen MR) is 96.9 cm³/mol. The first-order valence-electron chi connectivity index (χ1n) is 8.46. The largest absolute Gasteiger partial charge is 0.452 e. The van der Waals surface area contributed by atoms with Gasteiger partial charge >= 0.3 is 6.09 Å². The Labute approximate surface area is 157 Å². The number of sulfone groups is 1. The number of ether oxygens (including phenoxy) is 1. The van der Waals surface area contributed by atoms with Crippen molar-refractivity contribution in [2.75, 3.05) is 24.8 Å². The van der Waals surface area contributed by atoms with Gasteiger partial charge in [0.05, 0.1) is 29.5 Å². The minimum absolute atomic E-state index is 0.00383. The summed E-state index contributed by atoms with van der Waals surface area (Å²) in [4.78, 5) is 26.5. The molecule has 8 nitrogen and oxygen atoms in total. The highest BCUT2D eigenvalue weighted by Crippen LogP contribution is 2.42. The molecule has 1 heterocycles. The zero-order valence-corrected chi connectivity index (χ0v) is 16.1. The molecule has 9 heteroatoms. The van der Waals surface area contributed by atoms with Crippen LogP contribution in [-0.4, -0.2) is 45.4 Å². The van der Waals surface area contributed by atoms with Crippen molar-refractivity contribution in [2.45, 2.75) is 30.6 Å². The Morgan fingerprint density at radius 3 is 2.56 bits per heavy atom. The number of methoxy groups -OCH3 is 1. The van der Waals surface area contributed by atoms with Gasteiger partial charge in [-0.25, -0.2) is 13.2 Å². The van der Waals surface area contributed by atoms with Crippen molar-refractivity contribution < 1.29 is 27.3 Å². The van der Waals surface area contributed by atoms with E-state index in [1.807, 2.05) is 0 Å². The molecule has 0 atom stereocenters. The van der Waals surface area contributed by atoms with Crippen LogP contribution < -0.4 is 4.90 Å². The second kappa shape index (κ2) is 7.15. The van der Waals surface area contributed by atoms with Crippen molar-refractivity contribution in [3.63, 3.8) is 0 Å². The molecule has 27 heavy (non-hydrogen) atoms. The summed E-state index contributed by atoms with van der Waals surface area (Å²) in [5.74, 6) is 0.322. The molecular weight excluding hydrogens is 372 g/mol. The molecule has 2 aromatic rings. The number of anilines is 1. The molecule has 1 saturated carbocycles. The zero-order valence-electron chi connectivity index (χ0n) is 15.3. The van der Waals surface area contributed by atoms with Gasteiger partial charge in [-0.15, -0.1) is 0 Å². The average molecular weight is 392 g/mol. The van der Waals surface area contributed by atoms with Crippen LogP contribution in [0.5, 0.6) is 0 Å². The second-order valence-corrected chi connectivity index (χ2v) is 8.39. The summed E-state index contributed by atoms with van der Waals surface area (Å²) in [5.41, 5.74) is 0.673. The van der Waals surface area contributed by atoms with E-state index >= 15 is 0 Å². The molecular formula is C18H20N2O6S. The van der Waals surface area contributed by atoms with E-state index in [1.54, 1.807) is 6.92 Å². The number of aromatic nitrogens is 1.